The molecule has 6 nitrogen and oxygen atoms in total. The van der Waals surface area contributed by atoms with Crippen LogP contribution in [0.15, 0.2) is 16.3 Å². The van der Waals surface area contributed by atoms with Crippen LogP contribution in [-0.2, 0) is 14.8 Å². The van der Waals surface area contributed by atoms with Crippen molar-refractivity contribution in [2.45, 2.75) is 24.3 Å². The fourth-order valence-corrected chi connectivity index (χ4v) is 5.09. The Kier molecular flexibility index (Phi) is 4.48. The maximum atomic E-state index is 12.6. The summed E-state index contributed by atoms with van der Waals surface area (Å²) in [5.74, 6) is -0.529. The Balaban J connectivity index is 2.32. The number of hydrogen-bond donors (Lipinski definition) is 1. The zero-order valence-electron chi connectivity index (χ0n) is 11.4. The number of thiophene rings is 1. The van der Waals surface area contributed by atoms with E-state index < -0.39 is 16.0 Å². The van der Waals surface area contributed by atoms with Gasteiger partial charge in [0.05, 0.1) is 7.11 Å². The highest BCUT2D eigenvalue weighted by Crippen LogP contribution is 2.28. The lowest BCUT2D eigenvalue weighted by molar-refractivity contribution is 0.0602. The quantitative estimate of drug-likeness (QED) is 0.836. The van der Waals surface area contributed by atoms with Crippen molar-refractivity contribution in [1.82, 2.24) is 4.31 Å². The first-order valence-electron chi connectivity index (χ1n) is 6.29. The summed E-state index contributed by atoms with van der Waals surface area (Å²) >= 11 is 1.07. The van der Waals surface area contributed by atoms with Gasteiger partial charge in [-0.2, -0.15) is 4.31 Å². The van der Waals surface area contributed by atoms with Gasteiger partial charge in [0.1, 0.15) is 9.77 Å². The Morgan fingerprint density at radius 3 is 2.85 bits per heavy atom. The highest BCUT2D eigenvalue weighted by Gasteiger charge is 2.35. The number of esters is 1. The Labute approximate surface area is 122 Å². The third-order valence-electron chi connectivity index (χ3n) is 3.55. The van der Waals surface area contributed by atoms with E-state index in [1.165, 1.54) is 17.5 Å². The summed E-state index contributed by atoms with van der Waals surface area (Å²) in [7, 11) is -2.44. The normalized spacial score (nSPS) is 24.6. The molecule has 1 fully saturated rings. The third kappa shape index (κ3) is 2.73. The lowest BCUT2D eigenvalue weighted by Crippen LogP contribution is -2.48. The number of methoxy groups -OCH3 is 1. The standard InChI is InChI=1S/C12H18N2O4S2/c1-8-7-14(5-3-9(8)13)20(16,17)10-4-6-19-11(10)12(15)18-2/h4,6,8-9H,3,5,7,13H2,1-2H3. The number of carbonyl (C=O) groups is 1. The number of ether oxygens (including phenoxy) is 1. The van der Waals surface area contributed by atoms with Crippen molar-refractivity contribution in [3.63, 3.8) is 0 Å². The fraction of sp³-hybridized carbons (Fsp3) is 0.583. The first-order chi connectivity index (χ1) is 9.37. The summed E-state index contributed by atoms with van der Waals surface area (Å²) in [6.45, 7) is 2.69. The Morgan fingerprint density at radius 2 is 2.25 bits per heavy atom. The molecule has 2 heterocycles. The molecule has 1 aliphatic rings. The average molecular weight is 318 g/mol. The van der Waals surface area contributed by atoms with E-state index in [0.29, 0.717) is 19.5 Å². The molecule has 2 N–H and O–H groups in total. The molecule has 0 bridgehead atoms. The van der Waals surface area contributed by atoms with Crippen LogP contribution in [0.2, 0.25) is 0 Å². The van der Waals surface area contributed by atoms with Crippen LogP contribution in [0.5, 0.6) is 0 Å². The van der Waals surface area contributed by atoms with Gasteiger partial charge >= 0.3 is 5.97 Å². The molecule has 112 valence electrons. The number of carbonyl (C=O) groups excluding carboxylic acids is 1. The highest BCUT2D eigenvalue weighted by atomic mass is 32.2. The molecule has 20 heavy (non-hydrogen) atoms. The van der Waals surface area contributed by atoms with E-state index in [4.69, 9.17) is 5.73 Å². The molecule has 1 saturated heterocycles. The minimum absolute atomic E-state index is 0.0176. The summed E-state index contributed by atoms with van der Waals surface area (Å²) in [6, 6.07) is 1.47. The SMILES string of the molecule is COC(=O)c1sccc1S(=O)(=O)N1CCC(N)C(C)C1. The lowest BCUT2D eigenvalue weighted by atomic mass is 9.96. The molecule has 0 saturated carbocycles. The van der Waals surface area contributed by atoms with Crippen molar-refractivity contribution in [3.8, 4) is 0 Å². The zero-order valence-corrected chi connectivity index (χ0v) is 13.0. The number of nitrogens with zero attached hydrogens (tertiary/aromatic N) is 1. The Bertz CT molecular complexity index is 596. The van der Waals surface area contributed by atoms with Crippen molar-refractivity contribution in [1.29, 1.82) is 0 Å². The molecule has 2 atom stereocenters. The van der Waals surface area contributed by atoms with Crippen LogP contribution in [0.1, 0.15) is 23.0 Å². The molecule has 2 unspecified atom stereocenters. The monoisotopic (exact) mass is 318 g/mol. The van der Waals surface area contributed by atoms with E-state index in [9.17, 15) is 13.2 Å². The summed E-state index contributed by atoms with van der Waals surface area (Å²) in [5.41, 5.74) is 5.91. The smallest absolute Gasteiger partial charge is 0.349 e. The summed E-state index contributed by atoms with van der Waals surface area (Å²) < 4.78 is 31.3. The topological polar surface area (TPSA) is 89.7 Å². The van der Waals surface area contributed by atoms with Crippen LogP contribution in [0.4, 0.5) is 0 Å². The average Bonchev–Trinajstić information content (AvgIpc) is 2.90. The molecule has 0 spiro atoms. The largest absolute Gasteiger partial charge is 0.465 e. The van der Waals surface area contributed by atoms with Crippen LogP contribution in [-0.4, -0.2) is 44.9 Å². The van der Waals surface area contributed by atoms with Gasteiger partial charge in [-0.1, -0.05) is 6.92 Å². The van der Waals surface area contributed by atoms with Gasteiger partial charge in [0.2, 0.25) is 10.0 Å². The maximum Gasteiger partial charge on any atom is 0.349 e. The first kappa shape index (κ1) is 15.4. The lowest BCUT2D eigenvalue weighted by Gasteiger charge is -2.34. The predicted octanol–water partition coefficient (Wildman–Crippen LogP) is 0.893. The highest BCUT2D eigenvalue weighted by molar-refractivity contribution is 7.89. The van der Waals surface area contributed by atoms with Gasteiger partial charge in [0.15, 0.2) is 0 Å². The number of sulfonamides is 1. The van der Waals surface area contributed by atoms with Gasteiger partial charge in [-0.15, -0.1) is 11.3 Å². The van der Waals surface area contributed by atoms with Crippen molar-refractivity contribution in [3.05, 3.63) is 16.3 Å². The summed E-state index contributed by atoms with van der Waals surface area (Å²) in [6.07, 6.45) is 0.623. The van der Waals surface area contributed by atoms with Crippen molar-refractivity contribution in [2.24, 2.45) is 11.7 Å². The molecule has 1 aromatic heterocycles. The number of nitrogens with two attached hydrogens (primary N) is 1. The molecule has 0 amide bonds. The third-order valence-corrected chi connectivity index (χ3v) is 6.48. The molecule has 0 aromatic carbocycles. The second kappa shape index (κ2) is 5.80. The van der Waals surface area contributed by atoms with E-state index in [1.807, 2.05) is 6.92 Å². The second-order valence-electron chi connectivity index (χ2n) is 4.90. The Hall–Kier alpha value is -0.960. The number of hydrogen-bond acceptors (Lipinski definition) is 6. The van der Waals surface area contributed by atoms with Gasteiger partial charge in [-0.3, -0.25) is 0 Å². The molecule has 0 aliphatic carbocycles. The fourth-order valence-electron chi connectivity index (χ4n) is 2.23. The molecule has 2 rings (SSSR count). The minimum atomic E-state index is -3.67. The minimum Gasteiger partial charge on any atom is -0.465 e. The van der Waals surface area contributed by atoms with Crippen LogP contribution < -0.4 is 5.73 Å². The van der Waals surface area contributed by atoms with Crippen LogP contribution >= 0.6 is 11.3 Å². The molecule has 0 radical (unpaired) electrons. The van der Waals surface area contributed by atoms with Crippen molar-refractivity contribution >= 4 is 27.3 Å². The van der Waals surface area contributed by atoms with E-state index >= 15 is 0 Å². The van der Waals surface area contributed by atoms with E-state index in [2.05, 4.69) is 4.74 Å². The molecule has 1 aromatic rings. The molecular formula is C12H18N2O4S2. The van der Waals surface area contributed by atoms with Gasteiger partial charge in [0.25, 0.3) is 0 Å². The van der Waals surface area contributed by atoms with Crippen LogP contribution in [0.25, 0.3) is 0 Å². The molecule has 1 aliphatic heterocycles. The Morgan fingerprint density at radius 1 is 1.55 bits per heavy atom. The van der Waals surface area contributed by atoms with Crippen LogP contribution in [0.3, 0.4) is 0 Å². The maximum absolute atomic E-state index is 12.6. The molecule has 8 heteroatoms. The van der Waals surface area contributed by atoms with E-state index in [-0.39, 0.29) is 21.7 Å². The van der Waals surface area contributed by atoms with Crippen molar-refractivity contribution in [2.75, 3.05) is 20.2 Å². The predicted molar refractivity (Wildman–Crippen MR) is 76.2 cm³/mol. The van der Waals surface area contributed by atoms with Crippen LogP contribution in [0, 0.1) is 5.92 Å². The molecular weight excluding hydrogens is 300 g/mol. The zero-order chi connectivity index (χ0) is 14.9. The summed E-state index contributed by atoms with van der Waals surface area (Å²) in [5, 5.41) is 1.58. The van der Waals surface area contributed by atoms with Gasteiger partial charge in [-0.05, 0) is 23.8 Å². The van der Waals surface area contributed by atoms with Gasteiger partial charge in [-0.25, -0.2) is 13.2 Å². The van der Waals surface area contributed by atoms with Gasteiger partial charge < -0.3 is 10.5 Å². The second-order valence-corrected chi connectivity index (χ2v) is 7.72. The number of rotatable bonds is 3. The van der Waals surface area contributed by atoms with Crippen molar-refractivity contribution < 1.29 is 17.9 Å². The number of piperidine rings is 1. The van der Waals surface area contributed by atoms with E-state index in [0.717, 1.165) is 11.3 Å². The first-order valence-corrected chi connectivity index (χ1v) is 8.61. The summed E-state index contributed by atoms with van der Waals surface area (Å²) in [4.78, 5) is 11.8. The van der Waals surface area contributed by atoms with E-state index in [1.54, 1.807) is 5.38 Å². The van der Waals surface area contributed by atoms with Gasteiger partial charge in [0, 0.05) is 19.1 Å².